The molecule has 1 N–H and O–H groups in total. The summed E-state index contributed by atoms with van der Waals surface area (Å²) in [4.78, 5) is 23.3. The molecule has 0 radical (unpaired) electrons. The van der Waals surface area contributed by atoms with Crippen molar-refractivity contribution in [3.05, 3.63) is 33.9 Å². The van der Waals surface area contributed by atoms with Crippen molar-refractivity contribution in [2.45, 2.75) is 13.8 Å². The lowest BCUT2D eigenvalue weighted by molar-refractivity contribution is -0.384. The topological polar surface area (TPSA) is 92.9 Å². The number of nitro groups is 1. The van der Waals surface area contributed by atoms with Crippen molar-refractivity contribution < 1.29 is 19.6 Å². The Balaban J connectivity index is 3.11. The van der Waals surface area contributed by atoms with Crippen molar-refractivity contribution in [2.24, 2.45) is 0 Å². The van der Waals surface area contributed by atoms with Gasteiger partial charge in [0.1, 0.15) is 5.69 Å². The minimum atomic E-state index is -1.11. The Morgan fingerprint density at radius 3 is 2.65 bits per heavy atom. The molecule has 7 heteroatoms. The molecule has 0 aliphatic heterocycles. The number of carboxylic acids is 1. The molecule has 0 saturated carbocycles. The van der Waals surface area contributed by atoms with Gasteiger partial charge >= 0.3 is 5.97 Å². The van der Waals surface area contributed by atoms with Crippen LogP contribution in [-0.4, -0.2) is 42.3 Å². The van der Waals surface area contributed by atoms with Crippen LogP contribution in [0.15, 0.2) is 18.2 Å². The van der Waals surface area contributed by atoms with Gasteiger partial charge in [0.25, 0.3) is 5.69 Å². The molecule has 0 saturated heterocycles. The molecule has 0 unspecified atom stereocenters. The number of anilines is 1. The molecule has 20 heavy (non-hydrogen) atoms. The van der Waals surface area contributed by atoms with Gasteiger partial charge in [-0.2, -0.15) is 0 Å². The lowest BCUT2D eigenvalue weighted by Crippen LogP contribution is -2.28. The molecule has 0 aliphatic rings. The summed E-state index contributed by atoms with van der Waals surface area (Å²) in [6, 6.07) is 3.79. The third kappa shape index (κ3) is 3.92. The zero-order chi connectivity index (χ0) is 15.1. The SMILES string of the molecule is CCOCCN(CC)c1cc(C(=O)O)ccc1[N+](=O)[O-]. The van der Waals surface area contributed by atoms with Gasteiger partial charge in [0, 0.05) is 25.8 Å². The summed E-state index contributed by atoms with van der Waals surface area (Å²) in [5, 5.41) is 20.0. The Morgan fingerprint density at radius 2 is 2.15 bits per heavy atom. The second kappa shape index (κ2) is 7.44. The predicted molar refractivity (Wildman–Crippen MR) is 74.4 cm³/mol. The van der Waals surface area contributed by atoms with Crippen molar-refractivity contribution in [1.82, 2.24) is 0 Å². The number of likely N-dealkylation sites (N-methyl/N-ethyl adjacent to an activating group) is 1. The van der Waals surface area contributed by atoms with E-state index in [-0.39, 0.29) is 11.3 Å². The van der Waals surface area contributed by atoms with Gasteiger partial charge in [0.2, 0.25) is 0 Å². The fourth-order valence-electron chi connectivity index (χ4n) is 1.83. The van der Waals surface area contributed by atoms with Crippen molar-refractivity contribution in [3.8, 4) is 0 Å². The van der Waals surface area contributed by atoms with Crippen LogP contribution in [0.4, 0.5) is 11.4 Å². The normalized spacial score (nSPS) is 10.3. The van der Waals surface area contributed by atoms with E-state index in [0.717, 1.165) is 0 Å². The highest BCUT2D eigenvalue weighted by atomic mass is 16.6. The predicted octanol–water partition coefficient (Wildman–Crippen LogP) is 2.16. The van der Waals surface area contributed by atoms with E-state index < -0.39 is 10.9 Å². The summed E-state index contributed by atoms with van der Waals surface area (Å²) in [6.07, 6.45) is 0. The maximum atomic E-state index is 11.1. The molecule has 0 heterocycles. The van der Waals surface area contributed by atoms with Crippen molar-refractivity contribution in [3.63, 3.8) is 0 Å². The first-order valence-corrected chi connectivity index (χ1v) is 6.35. The maximum absolute atomic E-state index is 11.1. The van der Waals surface area contributed by atoms with Gasteiger partial charge in [-0.15, -0.1) is 0 Å². The Bertz CT molecular complexity index is 490. The van der Waals surface area contributed by atoms with Gasteiger partial charge in [0.05, 0.1) is 17.1 Å². The molecule has 0 aliphatic carbocycles. The molecule has 110 valence electrons. The third-order valence-corrected chi connectivity index (χ3v) is 2.85. The first kappa shape index (κ1) is 15.9. The summed E-state index contributed by atoms with van der Waals surface area (Å²) in [5.41, 5.74) is 0.228. The molecule has 0 spiro atoms. The highest BCUT2D eigenvalue weighted by Crippen LogP contribution is 2.29. The van der Waals surface area contributed by atoms with E-state index in [1.165, 1.54) is 18.2 Å². The molecule has 0 atom stereocenters. The number of rotatable bonds is 8. The minimum absolute atomic E-state index is 0.0282. The Kier molecular flexibility index (Phi) is 5.92. The standard InChI is InChI=1S/C13H18N2O5/c1-3-14(7-8-20-4-2)12-9-10(13(16)17)5-6-11(12)15(18)19/h5-6,9H,3-4,7-8H2,1-2H3,(H,16,17). The van der Waals surface area contributed by atoms with Crippen LogP contribution < -0.4 is 4.90 Å². The monoisotopic (exact) mass is 282 g/mol. The summed E-state index contributed by atoms with van der Waals surface area (Å²) >= 11 is 0. The number of benzene rings is 1. The van der Waals surface area contributed by atoms with E-state index in [2.05, 4.69) is 0 Å². The number of aromatic carboxylic acids is 1. The minimum Gasteiger partial charge on any atom is -0.478 e. The zero-order valence-corrected chi connectivity index (χ0v) is 11.5. The highest BCUT2D eigenvalue weighted by Gasteiger charge is 2.20. The van der Waals surface area contributed by atoms with Crippen LogP contribution in [-0.2, 0) is 4.74 Å². The maximum Gasteiger partial charge on any atom is 0.335 e. The van der Waals surface area contributed by atoms with Crippen LogP contribution in [0.2, 0.25) is 0 Å². The van der Waals surface area contributed by atoms with Crippen molar-refractivity contribution in [2.75, 3.05) is 31.2 Å². The van der Waals surface area contributed by atoms with Crippen LogP contribution >= 0.6 is 0 Å². The number of nitro benzene ring substituents is 1. The average Bonchev–Trinajstić information content (AvgIpc) is 2.43. The number of carbonyl (C=O) groups is 1. The van der Waals surface area contributed by atoms with E-state index >= 15 is 0 Å². The fourth-order valence-corrected chi connectivity index (χ4v) is 1.83. The van der Waals surface area contributed by atoms with Gasteiger partial charge in [-0.25, -0.2) is 4.79 Å². The van der Waals surface area contributed by atoms with E-state index in [0.29, 0.717) is 32.0 Å². The number of nitrogens with zero attached hydrogens (tertiary/aromatic N) is 2. The molecule has 1 rings (SSSR count). The molecule has 1 aromatic rings. The van der Waals surface area contributed by atoms with E-state index in [1.807, 2.05) is 13.8 Å². The van der Waals surface area contributed by atoms with Gasteiger partial charge in [-0.3, -0.25) is 10.1 Å². The summed E-state index contributed by atoms with van der Waals surface area (Å²) in [5.74, 6) is -1.11. The molecule has 0 fully saturated rings. The van der Waals surface area contributed by atoms with Gasteiger partial charge in [-0.05, 0) is 26.0 Å². The quantitative estimate of drug-likeness (QED) is 0.446. The van der Waals surface area contributed by atoms with Crippen LogP contribution in [0, 0.1) is 10.1 Å². The van der Waals surface area contributed by atoms with Gasteiger partial charge < -0.3 is 14.7 Å². The molecule has 0 bridgehead atoms. The number of hydrogen-bond donors (Lipinski definition) is 1. The Labute approximate surface area is 116 Å². The lowest BCUT2D eigenvalue weighted by atomic mass is 10.1. The van der Waals surface area contributed by atoms with Crippen LogP contribution in [0.5, 0.6) is 0 Å². The highest BCUT2D eigenvalue weighted by molar-refractivity contribution is 5.90. The zero-order valence-electron chi connectivity index (χ0n) is 11.5. The Morgan fingerprint density at radius 1 is 1.45 bits per heavy atom. The van der Waals surface area contributed by atoms with Gasteiger partial charge in [-0.1, -0.05) is 0 Å². The first-order valence-electron chi connectivity index (χ1n) is 6.35. The van der Waals surface area contributed by atoms with E-state index in [4.69, 9.17) is 9.84 Å². The average molecular weight is 282 g/mol. The molecular formula is C13H18N2O5. The molecule has 0 amide bonds. The van der Waals surface area contributed by atoms with Crippen LogP contribution in [0.3, 0.4) is 0 Å². The second-order valence-corrected chi connectivity index (χ2v) is 4.04. The van der Waals surface area contributed by atoms with Crippen molar-refractivity contribution >= 4 is 17.3 Å². The summed E-state index contributed by atoms with van der Waals surface area (Å²) < 4.78 is 5.24. The number of carboxylic acid groups (broad SMARTS) is 1. The summed E-state index contributed by atoms with van der Waals surface area (Å²) in [7, 11) is 0. The molecule has 0 aromatic heterocycles. The largest absolute Gasteiger partial charge is 0.478 e. The molecular weight excluding hydrogens is 264 g/mol. The van der Waals surface area contributed by atoms with E-state index in [1.54, 1.807) is 4.90 Å². The third-order valence-electron chi connectivity index (χ3n) is 2.85. The second-order valence-electron chi connectivity index (χ2n) is 4.04. The smallest absolute Gasteiger partial charge is 0.335 e. The van der Waals surface area contributed by atoms with Crippen LogP contribution in [0.25, 0.3) is 0 Å². The van der Waals surface area contributed by atoms with Crippen molar-refractivity contribution in [1.29, 1.82) is 0 Å². The summed E-state index contributed by atoms with van der Waals surface area (Å²) in [6.45, 7) is 5.70. The van der Waals surface area contributed by atoms with Crippen LogP contribution in [0.1, 0.15) is 24.2 Å². The first-order chi connectivity index (χ1) is 9.51. The van der Waals surface area contributed by atoms with Gasteiger partial charge in [0.15, 0.2) is 0 Å². The number of ether oxygens (including phenoxy) is 1. The molecule has 7 nitrogen and oxygen atoms in total. The lowest BCUT2D eigenvalue weighted by Gasteiger charge is -2.22. The fraction of sp³-hybridized carbons (Fsp3) is 0.462. The Hall–Kier alpha value is -2.15. The number of hydrogen-bond acceptors (Lipinski definition) is 5. The van der Waals surface area contributed by atoms with E-state index in [9.17, 15) is 14.9 Å². The molecule has 1 aromatic carbocycles.